The van der Waals surface area contributed by atoms with Crippen LogP contribution in [0.2, 0.25) is 0 Å². The molecule has 4 N–H and O–H groups in total. The first kappa shape index (κ1) is 15.7. The lowest BCUT2D eigenvalue weighted by Crippen LogP contribution is -2.00. The van der Waals surface area contributed by atoms with Gasteiger partial charge in [-0.3, -0.25) is 9.67 Å². The topological polar surface area (TPSA) is 75.4 Å². The molecule has 0 saturated heterocycles. The van der Waals surface area contributed by atoms with Crippen LogP contribution in [0.15, 0.2) is 36.4 Å². The van der Waals surface area contributed by atoms with Gasteiger partial charge >= 0.3 is 0 Å². The van der Waals surface area contributed by atoms with Crippen molar-refractivity contribution in [1.82, 2.24) is 19.7 Å². The number of fused-ring (bicyclic) bond motifs is 1. The van der Waals surface area contributed by atoms with Crippen molar-refractivity contribution in [2.75, 3.05) is 5.73 Å². The van der Waals surface area contributed by atoms with E-state index in [-0.39, 0.29) is 0 Å². The van der Waals surface area contributed by atoms with Crippen LogP contribution in [0.5, 0.6) is 0 Å². The Balaban J connectivity index is 2.06. The van der Waals surface area contributed by atoms with Crippen LogP contribution in [0, 0.1) is 25.5 Å². The largest absolute Gasteiger partial charge is 0.399 e. The molecule has 0 unspecified atom stereocenters. The highest BCUT2D eigenvalue weighted by Crippen LogP contribution is 2.32. The van der Waals surface area contributed by atoms with Gasteiger partial charge in [0.05, 0.1) is 5.69 Å². The number of aryl methyl sites for hydroxylation is 3. The predicted octanol–water partition coefficient (Wildman–Crippen LogP) is 4.59. The number of benzene rings is 2. The van der Waals surface area contributed by atoms with Crippen molar-refractivity contribution in [3.05, 3.63) is 58.0 Å². The smallest absolute Gasteiger partial charge is 0.200 e. The SMILES string of the molecule is Cc1cc(N)ccc1-c1n[nH]c(=S)n1-c1cccc2[nH]c(C)c(C)c12. The van der Waals surface area contributed by atoms with E-state index in [1.807, 2.05) is 35.8 Å². The van der Waals surface area contributed by atoms with Crippen LogP contribution >= 0.6 is 12.2 Å². The summed E-state index contributed by atoms with van der Waals surface area (Å²) in [5.41, 5.74) is 13.2. The molecule has 126 valence electrons. The summed E-state index contributed by atoms with van der Waals surface area (Å²) in [6.45, 7) is 6.23. The van der Waals surface area contributed by atoms with Gasteiger partial charge in [0.2, 0.25) is 0 Å². The lowest BCUT2D eigenvalue weighted by molar-refractivity contribution is 1.04. The number of hydrogen-bond acceptors (Lipinski definition) is 3. The second-order valence-corrected chi connectivity index (χ2v) is 6.72. The quantitative estimate of drug-likeness (QED) is 0.366. The molecular formula is C19H19N5S. The maximum Gasteiger partial charge on any atom is 0.200 e. The highest BCUT2D eigenvalue weighted by Gasteiger charge is 2.17. The Kier molecular flexibility index (Phi) is 3.51. The number of nitrogens with two attached hydrogens (primary N) is 1. The summed E-state index contributed by atoms with van der Waals surface area (Å²) in [5, 5.41) is 8.59. The van der Waals surface area contributed by atoms with Crippen LogP contribution in [0.25, 0.3) is 28.0 Å². The molecule has 0 aliphatic carbocycles. The maximum atomic E-state index is 5.90. The lowest BCUT2D eigenvalue weighted by atomic mass is 10.1. The third-order valence-corrected chi connectivity index (χ3v) is 4.98. The molecule has 0 atom stereocenters. The molecule has 4 aromatic rings. The molecule has 2 heterocycles. The van der Waals surface area contributed by atoms with Gasteiger partial charge in [0, 0.05) is 27.8 Å². The summed E-state index contributed by atoms with van der Waals surface area (Å²) < 4.78 is 2.56. The van der Waals surface area contributed by atoms with Crippen molar-refractivity contribution >= 4 is 28.8 Å². The number of nitrogens with one attached hydrogen (secondary N) is 2. The summed E-state index contributed by atoms with van der Waals surface area (Å²) in [4.78, 5) is 3.43. The van der Waals surface area contributed by atoms with Gasteiger partial charge in [-0.05, 0) is 74.4 Å². The van der Waals surface area contributed by atoms with E-state index in [4.69, 9.17) is 18.0 Å². The predicted molar refractivity (Wildman–Crippen MR) is 105 cm³/mol. The average Bonchev–Trinajstić information content (AvgIpc) is 3.08. The van der Waals surface area contributed by atoms with Gasteiger partial charge < -0.3 is 10.7 Å². The van der Waals surface area contributed by atoms with E-state index in [0.717, 1.165) is 44.9 Å². The fraction of sp³-hybridized carbons (Fsp3) is 0.158. The van der Waals surface area contributed by atoms with Crippen molar-refractivity contribution in [3.8, 4) is 17.1 Å². The van der Waals surface area contributed by atoms with Gasteiger partial charge in [0.25, 0.3) is 0 Å². The molecular weight excluding hydrogens is 330 g/mol. The number of rotatable bonds is 2. The molecule has 0 saturated carbocycles. The maximum absolute atomic E-state index is 5.90. The Morgan fingerprint density at radius 1 is 1.12 bits per heavy atom. The zero-order valence-electron chi connectivity index (χ0n) is 14.3. The second-order valence-electron chi connectivity index (χ2n) is 6.34. The van der Waals surface area contributed by atoms with E-state index in [9.17, 15) is 0 Å². The summed E-state index contributed by atoms with van der Waals surface area (Å²) in [7, 11) is 0. The first-order valence-corrected chi connectivity index (χ1v) is 8.50. The molecule has 0 amide bonds. The number of nitrogens with zero attached hydrogens (tertiary/aromatic N) is 2. The second kappa shape index (κ2) is 5.60. The van der Waals surface area contributed by atoms with Gasteiger partial charge in [-0.1, -0.05) is 6.07 Å². The molecule has 0 aliphatic rings. The molecule has 2 aromatic carbocycles. The highest BCUT2D eigenvalue weighted by atomic mass is 32.1. The normalized spacial score (nSPS) is 11.3. The van der Waals surface area contributed by atoms with Crippen LogP contribution in [0.4, 0.5) is 5.69 Å². The van der Waals surface area contributed by atoms with E-state index in [1.54, 1.807) is 0 Å². The van der Waals surface area contributed by atoms with Crippen molar-refractivity contribution < 1.29 is 0 Å². The van der Waals surface area contributed by atoms with Gasteiger partial charge in [-0.25, -0.2) is 0 Å². The fourth-order valence-electron chi connectivity index (χ4n) is 3.35. The molecule has 25 heavy (non-hydrogen) atoms. The number of nitrogen functional groups attached to an aromatic ring is 1. The van der Waals surface area contributed by atoms with Gasteiger partial charge in [0.15, 0.2) is 10.6 Å². The van der Waals surface area contributed by atoms with Crippen LogP contribution in [-0.2, 0) is 0 Å². The summed E-state index contributed by atoms with van der Waals surface area (Å²) in [6.07, 6.45) is 0. The Morgan fingerprint density at radius 2 is 1.92 bits per heavy atom. The minimum atomic E-state index is 0.567. The minimum absolute atomic E-state index is 0.567. The third kappa shape index (κ3) is 2.37. The van der Waals surface area contributed by atoms with Gasteiger partial charge in [-0.2, -0.15) is 5.10 Å². The molecule has 4 rings (SSSR count). The average molecular weight is 349 g/mol. The number of aromatic amines is 2. The third-order valence-electron chi connectivity index (χ3n) is 4.71. The standard InChI is InChI=1S/C19H19N5S/c1-10-9-13(20)7-8-14(10)18-22-23-19(25)24(18)16-6-4-5-15-17(16)11(2)12(3)21-15/h4-9,21H,20H2,1-3H3,(H,23,25). The zero-order chi connectivity index (χ0) is 17.7. The van der Waals surface area contributed by atoms with Crippen LogP contribution in [0.3, 0.4) is 0 Å². The highest BCUT2D eigenvalue weighted by molar-refractivity contribution is 7.71. The summed E-state index contributed by atoms with van der Waals surface area (Å²) >= 11 is 5.55. The van der Waals surface area contributed by atoms with E-state index >= 15 is 0 Å². The first-order valence-electron chi connectivity index (χ1n) is 8.09. The summed E-state index contributed by atoms with van der Waals surface area (Å²) in [5.74, 6) is 0.785. The number of H-pyrrole nitrogens is 2. The number of hydrogen-bond donors (Lipinski definition) is 3. The summed E-state index contributed by atoms with van der Waals surface area (Å²) in [6, 6.07) is 12.0. The molecule has 0 radical (unpaired) electrons. The molecule has 0 fully saturated rings. The van der Waals surface area contributed by atoms with Crippen LogP contribution in [-0.4, -0.2) is 19.7 Å². The number of aromatic nitrogens is 4. The monoisotopic (exact) mass is 349 g/mol. The van der Waals surface area contributed by atoms with E-state index in [0.29, 0.717) is 4.77 Å². The van der Waals surface area contributed by atoms with E-state index in [1.165, 1.54) is 5.56 Å². The molecule has 2 aromatic heterocycles. The van der Waals surface area contributed by atoms with Crippen molar-refractivity contribution in [1.29, 1.82) is 0 Å². The molecule has 0 aliphatic heterocycles. The Hall–Kier alpha value is -2.86. The fourth-order valence-corrected chi connectivity index (χ4v) is 3.58. The molecule has 6 heteroatoms. The van der Waals surface area contributed by atoms with Crippen molar-refractivity contribution in [2.24, 2.45) is 0 Å². The van der Waals surface area contributed by atoms with Crippen LogP contribution < -0.4 is 5.73 Å². The molecule has 0 spiro atoms. The lowest BCUT2D eigenvalue weighted by Gasteiger charge is -2.11. The van der Waals surface area contributed by atoms with Crippen molar-refractivity contribution in [2.45, 2.75) is 20.8 Å². The molecule has 0 bridgehead atoms. The zero-order valence-corrected chi connectivity index (χ0v) is 15.2. The van der Waals surface area contributed by atoms with Gasteiger partial charge in [-0.15, -0.1) is 0 Å². The first-order chi connectivity index (χ1) is 12.0. The van der Waals surface area contributed by atoms with Crippen molar-refractivity contribution in [3.63, 3.8) is 0 Å². The van der Waals surface area contributed by atoms with E-state index in [2.05, 4.69) is 41.2 Å². The van der Waals surface area contributed by atoms with Gasteiger partial charge in [0.1, 0.15) is 0 Å². The number of anilines is 1. The molecule has 5 nitrogen and oxygen atoms in total. The Bertz CT molecular complexity index is 1160. The minimum Gasteiger partial charge on any atom is -0.399 e. The van der Waals surface area contributed by atoms with Crippen LogP contribution in [0.1, 0.15) is 16.8 Å². The Morgan fingerprint density at radius 3 is 2.68 bits per heavy atom. The Labute approximate surface area is 150 Å². The van der Waals surface area contributed by atoms with E-state index < -0.39 is 0 Å².